The van der Waals surface area contributed by atoms with Gasteiger partial charge in [0.15, 0.2) is 0 Å². The molecule has 3 aliphatic heterocycles. The number of methoxy groups -OCH3 is 1. The predicted octanol–water partition coefficient (Wildman–Crippen LogP) is 3.09. The maximum Gasteiger partial charge on any atom is 0.312 e. The molecule has 3 unspecified atom stereocenters. The number of H-pyrrole nitrogens is 1. The van der Waals surface area contributed by atoms with E-state index in [0.717, 1.165) is 22.0 Å². The Morgan fingerprint density at radius 3 is 2.82 bits per heavy atom. The molecule has 0 aliphatic carbocycles. The SMILES string of the molecule is CCOC(=O)C1C2COc3cc(OC)ccc3C2N2C(=O)CN(CCc3c[nH]c4ccccc34)C(=O)[C@@]12C. The van der Waals surface area contributed by atoms with Crippen molar-refractivity contribution in [2.45, 2.75) is 31.8 Å². The Morgan fingerprint density at radius 2 is 2.03 bits per heavy atom. The topological polar surface area (TPSA) is 101 Å². The van der Waals surface area contributed by atoms with Crippen molar-refractivity contribution in [3.8, 4) is 11.5 Å². The molecular weight excluding hydrogens is 486 g/mol. The first-order valence-corrected chi connectivity index (χ1v) is 13.0. The third kappa shape index (κ3) is 3.48. The first kappa shape index (κ1) is 24.3. The summed E-state index contributed by atoms with van der Waals surface area (Å²) in [5.41, 5.74) is 1.49. The Kier molecular flexibility index (Phi) is 5.81. The Bertz CT molecular complexity index is 1430. The fourth-order valence-corrected chi connectivity index (χ4v) is 6.68. The van der Waals surface area contributed by atoms with Gasteiger partial charge in [0, 0.05) is 41.2 Å². The lowest BCUT2D eigenvalue weighted by atomic mass is 9.77. The Morgan fingerprint density at radius 1 is 1.21 bits per heavy atom. The lowest BCUT2D eigenvalue weighted by Crippen LogP contribution is -2.67. The number of hydrogen-bond donors (Lipinski definition) is 1. The molecule has 3 aliphatic rings. The van der Waals surface area contributed by atoms with E-state index in [1.165, 1.54) is 0 Å². The summed E-state index contributed by atoms with van der Waals surface area (Å²) >= 11 is 0. The molecule has 2 amide bonds. The van der Waals surface area contributed by atoms with Gasteiger partial charge < -0.3 is 29.0 Å². The number of para-hydroxylation sites is 1. The van der Waals surface area contributed by atoms with E-state index in [-0.39, 0.29) is 31.6 Å². The number of carbonyl (C=O) groups is 3. The molecule has 9 nitrogen and oxygen atoms in total. The lowest BCUT2D eigenvalue weighted by molar-refractivity contribution is -0.170. The molecule has 1 aromatic heterocycles. The van der Waals surface area contributed by atoms with Crippen LogP contribution < -0.4 is 9.47 Å². The number of benzene rings is 2. The van der Waals surface area contributed by atoms with Gasteiger partial charge in [0.25, 0.3) is 0 Å². The molecule has 38 heavy (non-hydrogen) atoms. The second-order valence-corrected chi connectivity index (χ2v) is 10.3. The lowest BCUT2D eigenvalue weighted by Gasteiger charge is -2.47. The second kappa shape index (κ2) is 9.08. The largest absolute Gasteiger partial charge is 0.497 e. The summed E-state index contributed by atoms with van der Waals surface area (Å²) < 4.78 is 16.9. The molecule has 0 saturated carbocycles. The van der Waals surface area contributed by atoms with E-state index in [4.69, 9.17) is 14.2 Å². The van der Waals surface area contributed by atoms with Crippen LogP contribution in [0.2, 0.25) is 0 Å². The average Bonchev–Trinajstić information content (AvgIpc) is 3.46. The van der Waals surface area contributed by atoms with E-state index in [1.54, 1.807) is 36.8 Å². The summed E-state index contributed by atoms with van der Waals surface area (Å²) in [6.07, 6.45) is 2.53. The quantitative estimate of drug-likeness (QED) is 0.505. The van der Waals surface area contributed by atoms with Crippen LogP contribution in [-0.4, -0.2) is 71.5 Å². The number of aromatic amines is 1. The van der Waals surface area contributed by atoms with Gasteiger partial charge in [0.05, 0.1) is 38.8 Å². The predicted molar refractivity (Wildman–Crippen MR) is 139 cm³/mol. The molecule has 0 bridgehead atoms. The number of amides is 2. The highest BCUT2D eigenvalue weighted by atomic mass is 16.5. The van der Waals surface area contributed by atoms with E-state index in [9.17, 15) is 14.4 Å². The van der Waals surface area contributed by atoms with Gasteiger partial charge >= 0.3 is 5.97 Å². The molecule has 9 heteroatoms. The number of fused-ring (bicyclic) bond motifs is 6. The zero-order valence-electron chi connectivity index (χ0n) is 21.7. The number of rotatable bonds is 6. The minimum atomic E-state index is -1.39. The summed E-state index contributed by atoms with van der Waals surface area (Å²) in [6, 6.07) is 13.0. The minimum Gasteiger partial charge on any atom is -0.497 e. The van der Waals surface area contributed by atoms with Crippen LogP contribution >= 0.6 is 0 Å². The highest BCUT2D eigenvalue weighted by Crippen LogP contribution is 2.57. The van der Waals surface area contributed by atoms with Crippen molar-refractivity contribution in [3.05, 3.63) is 59.8 Å². The van der Waals surface area contributed by atoms with Crippen molar-refractivity contribution in [2.24, 2.45) is 11.8 Å². The summed E-state index contributed by atoms with van der Waals surface area (Å²) in [6.45, 7) is 4.16. The summed E-state index contributed by atoms with van der Waals surface area (Å²) in [5, 5.41) is 1.09. The molecular formula is C29H31N3O6. The number of esters is 1. The number of nitrogens with one attached hydrogen (secondary N) is 1. The fourth-order valence-electron chi connectivity index (χ4n) is 6.68. The normalized spacial score (nSPS) is 26.0. The standard InChI is InChI=1S/C29H31N3O6/c1-4-37-27(34)25-21-16-38-23-13-18(36-3)9-10-20(23)26(21)32-24(33)15-31(28(35)29(25,32)2)12-11-17-14-30-22-8-6-5-7-19(17)22/h5-10,13-14,21,25-26,30H,4,11-12,15-16H2,1-3H3/t21?,25?,26?,29-/m1/s1. The smallest absolute Gasteiger partial charge is 0.312 e. The van der Waals surface area contributed by atoms with E-state index < -0.39 is 29.4 Å². The Labute approximate surface area is 220 Å². The molecule has 4 heterocycles. The number of carbonyl (C=O) groups excluding carboxylic acids is 3. The van der Waals surface area contributed by atoms with Gasteiger partial charge in [0.2, 0.25) is 11.8 Å². The van der Waals surface area contributed by atoms with Gasteiger partial charge in [-0.3, -0.25) is 14.4 Å². The molecule has 0 spiro atoms. The number of nitrogens with zero attached hydrogens (tertiary/aromatic N) is 2. The molecule has 2 aromatic carbocycles. The monoisotopic (exact) mass is 517 g/mol. The molecule has 6 rings (SSSR count). The Balaban J connectivity index is 1.36. The molecule has 4 atom stereocenters. The number of aromatic nitrogens is 1. The molecule has 0 radical (unpaired) electrons. The summed E-state index contributed by atoms with van der Waals surface area (Å²) in [5.74, 6) is -0.936. The van der Waals surface area contributed by atoms with E-state index >= 15 is 0 Å². The molecule has 2 fully saturated rings. The van der Waals surface area contributed by atoms with Crippen LogP contribution in [0.25, 0.3) is 10.9 Å². The third-order valence-corrected chi connectivity index (χ3v) is 8.37. The fraction of sp³-hybridized carbons (Fsp3) is 0.414. The maximum atomic E-state index is 14.2. The number of hydrogen-bond acceptors (Lipinski definition) is 6. The zero-order chi connectivity index (χ0) is 26.6. The summed E-state index contributed by atoms with van der Waals surface area (Å²) in [7, 11) is 1.58. The number of piperazine rings is 1. The first-order chi connectivity index (χ1) is 18.4. The van der Waals surface area contributed by atoms with Crippen molar-refractivity contribution in [1.82, 2.24) is 14.8 Å². The van der Waals surface area contributed by atoms with Crippen molar-refractivity contribution >= 4 is 28.7 Å². The van der Waals surface area contributed by atoms with Crippen molar-refractivity contribution < 1.29 is 28.6 Å². The zero-order valence-corrected chi connectivity index (χ0v) is 21.7. The maximum absolute atomic E-state index is 14.2. The van der Waals surface area contributed by atoms with Crippen LogP contribution in [0.5, 0.6) is 11.5 Å². The van der Waals surface area contributed by atoms with Crippen LogP contribution in [-0.2, 0) is 25.5 Å². The summed E-state index contributed by atoms with van der Waals surface area (Å²) in [4.78, 5) is 48.0. The molecule has 1 N–H and O–H groups in total. The first-order valence-electron chi connectivity index (χ1n) is 13.0. The van der Waals surface area contributed by atoms with Gasteiger partial charge in [-0.1, -0.05) is 18.2 Å². The van der Waals surface area contributed by atoms with E-state index in [1.807, 2.05) is 42.6 Å². The van der Waals surface area contributed by atoms with Crippen molar-refractivity contribution in [1.29, 1.82) is 0 Å². The van der Waals surface area contributed by atoms with Gasteiger partial charge in [0.1, 0.15) is 17.0 Å². The van der Waals surface area contributed by atoms with Gasteiger partial charge in [-0.2, -0.15) is 0 Å². The minimum absolute atomic E-state index is 0.0398. The van der Waals surface area contributed by atoms with E-state index in [2.05, 4.69) is 4.98 Å². The van der Waals surface area contributed by atoms with Gasteiger partial charge in [-0.25, -0.2) is 0 Å². The molecule has 2 saturated heterocycles. The van der Waals surface area contributed by atoms with Crippen LogP contribution in [0.1, 0.15) is 31.0 Å². The highest BCUT2D eigenvalue weighted by molar-refractivity contribution is 6.02. The van der Waals surface area contributed by atoms with Crippen LogP contribution in [0.4, 0.5) is 0 Å². The van der Waals surface area contributed by atoms with Crippen LogP contribution in [0.3, 0.4) is 0 Å². The molecule has 198 valence electrons. The average molecular weight is 518 g/mol. The Hall–Kier alpha value is -4.01. The molecule has 3 aromatic rings. The van der Waals surface area contributed by atoms with Crippen LogP contribution in [0, 0.1) is 11.8 Å². The second-order valence-electron chi connectivity index (χ2n) is 10.3. The highest BCUT2D eigenvalue weighted by Gasteiger charge is 2.69. The van der Waals surface area contributed by atoms with Crippen LogP contribution in [0.15, 0.2) is 48.7 Å². The van der Waals surface area contributed by atoms with E-state index in [0.29, 0.717) is 24.5 Å². The van der Waals surface area contributed by atoms with Crippen molar-refractivity contribution in [2.75, 3.05) is 33.4 Å². The van der Waals surface area contributed by atoms with Crippen molar-refractivity contribution in [3.63, 3.8) is 0 Å². The van der Waals surface area contributed by atoms with Gasteiger partial charge in [-0.15, -0.1) is 0 Å². The number of ether oxygens (including phenoxy) is 3. The van der Waals surface area contributed by atoms with Gasteiger partial charge in [-0.05, 0) is 44.0 Å². The third-order valence-electron chi connectivity index (χ3n) is 8.37.